The molecule has 17 heavy (non-hydrogen) atoms. The molecular formula is C11H5ClF3NO. The summed E-state index contributed by atoms with van der Waals surface area (Å²) in [6.45, 7) is 0. The zero-order chi connectivity index (χ0) is 12.6. The van der Waals surface area contributed by atoms with E-state index in [1.807, 2.05) is 0 Å². The molecule has 1 heterocycles. The minimum atomic E-state index is -4.42. The molecule has 88 valence electrons. The zero-order valence-corrected chi connectivity index (χ0v) is 9.01. The monoisotopic (exact) mass is 259 g/mol. The predicted molar refractivity (Wildman–Crippen MR) is 57.1 cm³/mol. The molecule has 1 aromatic carbocycles. The van der Waals surface area contributed by atoms with Gasteiger partial charge in [0.2, 0.25) is 0 Å². The summed E-state index contributed by atoms with van der Waals surface area (Å²) < 4.78 is 37.3. The van der Waals surface area contributed by atoms with Crippen molar-refractivity contribution in [3.05, 3.63) is 40.5 Å². The second kappa shape index (κ2) is 4.00. The van der Waals surface area contributed by atoms with Gasteiger partial charge in [-0.2, -0.15) is 13.2 Å². The van der Waals surface area contributed by atoms with E-state index < -0.39 is 11.7 Å². The summed E-state index contributed by atoms with van der Waals surface area (Å²) in [5.74, 6) is 0. The molecule has 0 aliphatic rings. The largest absolute Gasteiger partial charge is 0.416 e. The molecule has 0 aliphatic carbocycles. The first kappa shape index (κ1) is 11.9. The van der Waals surface area contributed by atoms with E-state index in [1.165, 1.54) is 12.1 Å². The van der Waals surface area contributed by atoms with Gasteiger partial charge in [0.15, 0.2) is 6.29 Å². The maximum atomic E-state index is 12.4. The number of benzene rings is 1. The Balaban J connectivity index is 2.67. The summed E-state index contributed by atoms with van der Waals surface area (Å²) in [4.78, 5) is 14.3. The second-order valence-electron chi connectivity index (χ2n) is 3.39. The van der Waals surface area contributed by atoms with Crippen molar-refractivity contribution in [2.75, 3.05) is 0 Å². The predicted octanol–water partition coefficient (Wildman–Crippen LogP) is 3.72. The summed E-state index contributed by atoms with van der Waals surface area (Å²) in [5.41, 5.74) is -0.540. The van der Waals surface area contributed by atoms with Gasteiger partial charge in [-0.3, -0.25) is 4.79 Å². The lowest BCUT2D eigenvalue weighted by Crippen LogP contribution is -2.04. The molecule has 0 unspecified atom stereocenters. The van der Waals surface area contributed by atoms with Crippen LogP contribution >= 0.6 is 11.6 Å². The van der Waals surface area contributed by atoms with Gasteiger partial charge in [0.1, 0.15) is 5.15 Å². The molecule has 0 fully saturated rings. The van der Waals surface area contributed by atoms with Gasteiger partial charge in [0.25, 0.3) is 0 Å². The number of halogens is 4. The van der Waals surface area contributed by atoms with E-state index >= 15 is 0 Å². The summed E-state index contributed by atoms with van der Waals surface area (Å²) >= 11 is 5.65. The molecule has 0 radical (unpaired) electrons. The van der Waals surface area contributed by atoms with Gasteiger partial charge in [-0.05, 0) is 18.2 Å². The van der Waals surface area contributed by atoms with Crippen LogP contribution in [-0.2, 0) is 6.18 Å². The topological polar surface area (TPSA) is 30.0 Å². The first-order valence-corrected chi connectivity index (χ1v) is 4.92. The number of hydrogen-bond acceptors (Lipinski definition) is 2. The Bertz CT molecular complexity index is 595. The van der Waals surface area contributed by atoms with Gasteiger partial charge < -0.3 is 0 Å². The number of rotatable bonds is 1. The van der Waals surface area contributed by atoms with Gasteiger partial charge in [0, 0.05) is 5.39 Å². The Hall–Kier alpha value is -1.62. The van der Waals surface area contributed by atoms with Crippen LogP contribution in [-0.4, -0.2) is 11.3 Å². The Morgan fingerprint density at radius 3 is 2.53 bits per heavy atom. The van der Waals surface area contributed by atoms with Crippen molar-refractivity contribution in [2.24, 2.45) is 0 Å². The fourth-order valence-electron chi connectivity index (χ4n) is 1.42. The summed E-state index contributed by atoms with van der Waals surface area (Å²) in [6.07, 6.45) is -3.92. The lowest BCUT2D eigenvalue weighted by Gasteiger charge is -2.07. The number of nitrogens with zero attached hydrogens (tertiary/aromatic N) is 1. The molecule has 2 nitrogen and oxygen atoms in total. The first-order valence-electron chi connectivity index (χ1n) is 4.54. The SMILES string of the molecule is O=Cc1cc2ccc(C(F)(F)F)cc2nc1Cl. The third kappa shape index (κ3) is 2.24. The zero-order valence-electron chi connectivity index (χ0n) is 8.25. The van der Waals surface area contributed by atoms with Crippen LogP contribution in [0, 0.1) is 0 Å². The van der Waals surface area contributed by atoms with Crippen LogP contribution in [0.4, 0.5) is 13.2 Å². The molecule has 6 heteroatoms. The molecule has 0 amide bonds. The van der Waals surface area contributed by atoms with Crippen molar-refractivity contribution in [2.45, 2.75) is 6.18 Å². The van der Waals surface area contributed by atoms with E-state index in [2.05, 4.69) is 4.98 Å². The number of aromatic nitrogens is 1. The van der Waals surface area contributed by atoms with Crippen LogP contribution in [0.15, 0.2) is 24.3 Å². The number of pyridine rings is 1. The van der Waals surface area contributed by atoms with Crippen LogP contribution in [0.25, 0.3) is 10.9 Å². The highest BCUT2D eigenvalue weighted by Gasteiger charge is 2.30. The standard InChI is InChI=1S/C11H5ClF3NO/c12-10-7(5-17)3-6-1-2-8(11(13,14)15)4-9(6)16-10/h1-5H. The maximum Gasteiger partial charge on any atom is 0.416 e. The van der Waals surface area contributed by atoms with E-state index in [9.17, 15) is 18.0 Å². The van der Waals surface area contributed by atoms with Gasteiger partial charge in [0.05, 0.1) is 16.6 Å². The first-order chi connectivity index (χ1) is 7.91. The van der Waals surface area contributed by atoms with Crippen molar-refractivity contribution >= 4 is 28.8 Å². The molecule has 0 bridgehead atoms. The quantitative estimate of drug-likeness (QED) is 0.577. The highest BCUT2D eigenvalue weighted by atomic mass is 35.5. The Morgan fingerprint density at radius 2 is 1.94 bits per heavy atom. The van der Waals surface area contributed by atoms with E-state index in [1.54, 1.807) is 0 Å². The molecule has 0 spiro atoms. The van der Waals surface area contributed by atoms with Gasteiger partial charge in [-0.25, -0.2) is 4.98 Å². The van der Waals surface area contributed by atoms with E-state index in [0.29, 0.717) is 11.7 Å². The molecule has 1 aromatic heterocycles. The lowest BCUT2D eigenvalue weighted by atomic mass is 10.1. The molecule has 0 atom stereocenters. The Morgan fingerprint density at radius 1 is 1.24 bits per heavy atom. The molecular weight excluding hydrogens is 255 g/mol. The average Bonchev–Trinajstić information content (AvgIpc) is 2.26. The van der Waals surface area contributed by atoms with Crippen molar-refractivity contribution in [3.8, 4) is 0 Å². The minimum Gasteiger partial charge on any atom is -0.298 e. The van der Waals surface area contributed by atoms with Crippen molar-refractivity contribution < 1.29 is 18.0 Å². The van der Waals surface area contributed by atoms with Crippen LogP contribution in [0.1, 0.15) is 15.9 Å². The third-order valence-corrected chi connectivity index (χ3v) is 2.56. The lowest BCUT2D eigenvalue weighted by molar-refractivity contribution is -0.137. The summed E-state index contributed by atoms with van der Waals surface area (Å²) in [7, 11) is 0. The number of fused-ring (bicyclic) bond motifs is 1. The van der Waals surface area contributed by atoms with Crippen molar-refractivity contribution in [1.82, 2.24) is 4.98 Å². The molecule has 2 rings (SSSR count). The normalized spacial score (nSPS) is 11.8. The highest BCUT2D eigenvalue weighted by molar-refractivity contribution is 6.32. The summed E-state index contributed by atoms with van der Waals surface area (Å²) in [5, 5.41) is 0.330. The van der Waals surface area contributed by atoms with E-state index in [0.717, 1.165) is 12.1 Å². The Kier molecular flexibility index (Phi) is 2.79. The number of alkyl halides is 3. The third-order valence-electron chi connectivity index (χ3n) is 2.25. The highest BCUT2D eigenvalue weighted by Crippen LogP contribution is 2.31. The van der Waals surface area contributed by atoms with Crippen molar-refractivity contribution in [3.63, 3.8) is 0 Å². The number of carbonyl (C=O) groups excluding carboxylic acids is 1. The van der Waals surface area contributed by atoms with E-state index in [-0.39, 0.29) is 16.2 Å². The fraction of sp³-hybridized carbons (Fsp3) is 0.0909. The van der Waals surface area contributed by atoms with Gasteiger partial charge in [-0.1, -0.05) is 17.7 Å². The summed E-state index contributed by atoms with van der Waals surface area (Å²) in [6, 6.07) is 4.49. The number of carbonyl (C=O) groups is 1. The van der Waals surface area contributed by atoms with E-state index in [4.69, 9.17) is 11.6 Å². The second-order valence-corrected chi connectivity index (χ2v) is 3.75. The Labute approximate surface area is 99.0 Å². The van der Waals surface area contributed by atoms with Crippen LogP contribution < -0.4 is 0 Å². The molecule has 0 aliphatic heterocycles. The van der Waals surface area contributed by atoms with Gasteiger partial charge >= 0.3 is 6.18 Å². The smallest absolute Gasteiger partial charge is 0.298 e. The fourth-order valence-corrected chi connectivity index (χ4v) is 1.61. The number of hydrogen-bond donors (Lipinski definition) is 0. The molecule has 0 saturated heterocycles. The van der Waals surface area contributed by atoms with Crippen molar-refractivity contribution in [1.29, 1.82) is 0 Å². The molecule has 0 saturated carbocycles. The van der Waals surface area contributed by atoms with Gasteiger partial charge in [-0.15, -0.1) is 0 Å². The molecule has 0 N–H and O–H groups in total. The number of aldehydes is 1. The van der Waals surface area contributed by atoms with Crippen LogP contribution in [0.3, 0.4) is 0 Å². The average molecular weight is 260 g/mol. The maximum absolute atomic E-state index is 12.4. The minimum absolute atomic E-state index is 0.105. The van der Waals surface area contributed by atoms with Crippen LogP contribution in [0.2, 0.25) is 5.15 Å². The van der Waals surface area contributed by atoms with Crippen LogP contribution in [0.5, 0.6) is 0 Å². The molecule has 2 aromatic rings.